The number of carbonyl (C=O) groups excluding carboxylic acids is 2. The molecule has 1 aromatic carbocycles. The number of ether oxygens (including phenoxy) is 2. The fourth-order valence-electron chi connectivity index (χ4n) is 3.08. The Morgan fingerprint density at radius 3 is 2.52 bits per heavy atom. The van der Waals surface area contributed by atoms with Gasteiger partial charge in [-0.25, -0.2) is 9.59 Å². The van der Waals surface area contributed by atoms with Crippen LogP contribution in [-0.2, 0) is 14.3 Å². The Bertz CT molecular complexity index is 711. The maximum Gasteiger partial charge on any atom is 0.412 e. The minimum atomic E-state index is -1.21. The fraction of sp³-hybridized carbons (Fsp3) is 0.429. The molecule has 2 atom stereocenters. The van der Waals surface area contributed by atoms with E-state index in [9.17, 15) is 9.59 Å². The van der Waals surface area contributed by atoms with Crippen LogP contribution in [0, 0.1) is 0 Å². The zero-order valence-electron chi connectivity index (χ0n) is 16.3. The number of likely N-dealkylation sites (tertiary alicyclic amines) is 1. The third-order valence-corrected chi connectivity index (χ3v) is 5.09. The van der Waals surface area contributed by atoms with Crippen LogP contribution < -0.4 is 0 Å². The summed E-state index contributed by atoms with van der Waals surface area (Å²) in [5, 5.41) is 1.83. The van der Waals surface area contributed by atoms with E-state index in [2.05, 4.69) is 6.58 Å². The fourth-order valence-corrected chi connectivity index (χ4v) is 3.84. The van der Waals surface area contributed by atoms with Gasteiger partial charge < -0.3 is 9.47 Å². The average molecular weight is 390 g/mol. The van der Waals surface area contributed by atoms with E-state index in [-0.39, 0.29) is 6.04 Å². The van der Waals surface area contributed by atoms with Crippen LogP contribution in [-0.4, -0.2) is 41.3 Å². The summed E-state index contributed by atoms with van der Waals surface area (Å²) in [6, 6.07) is 9.50. The topological polar surface area (TPSA) is 55.8 Å². The summed E-state index contributed by atoms with van der Waals surface area (Å²) < 4.78 is 10.6. The monoisotopic (exact) mass is 389 g/mol. The molecule has 1 fully saturated rings. The second-order valence-electron chi connectivity index (χ2n) is 7.34. The van der Waals surface area contributed by atoms with Crippen LogP contribution in [0.3, 0.4) is 0 Å². The van der Waals surface area contributed by atoms with E-state index in [1.165, 1.54) is 23.8 Å². The van der Waals surface area contributed by atoms with Gasteiger partial charge in [0.15, 0.2) is 5.54 Å². The quantitative estimate of drug-likeness (QED) is 0.412. The molecule has 0 unspecified atom stereocenters. The van der Waals surface area contributed by atoms with Gasteiger partial charge in [0, 0.05) is 4.90 Å². The Balaban J connectivity index is 2.36. The predicted molar refractivity (Wildman–Crippen MR) is 107 cm³/mol. The van der Waals surface area contributed by atoms with Crippen molar-refractivity contribution >= 4 is 23.8 Å². The number of methoxy groups -OCH3 is 1. The smallest absolute Gasteiger partial charge is 0.412 e. The van der Waals surface area contributed by atoms with E-state index >= 15 is 0 Å². The second kappa shape index (κ2) is 8.65. The van der Waals surface area contributed by atoms with Crippen LogP contribution >= 0.6 is 11.8 Å². The zero-order valence-corrected chi connectivity index (χ0v) is 17.1. The van der Waals surface area contributed by atoms with Gasteiger partial charge in [0.2, 0.25) is 0 Å². The third kappa shape index (κ3) is 4.95. The predicted octanol–water partition coefficient (Wildman–Crippen LogP) is 4.79. The summed E-state index contributed by atoms with van der Waals surface area (Å²) in [4.78, 5) is 28.2. The maximum atomic E-state index is 12.9. The molecule has 1 amide bonds. The number of nitrogens with zero attached hydrogens (tertiary/aromatic N) is 1. The Hall–Kier alpha value is -2.21. The highest BCUT2D eigenvalue weighted by Crippen LogP contribution is 2.39. The number of hydrogen-bond donors (Lipinski definition) is 0. The molecular weight excluding hydrogens is 362 g/mol. The molecule has 0 saturated carbocycles. The molecule has 1 aromatic rings. The van der Waals surface area contributed by atoms with Crippen LogP contribution in [0.4, 0.5) is 4.79 Å². The second-order valence-corrected chi connectivity index (χ2v) is 8.32. The molecule has 2 rings (SSSR count). The Morgan fingerprint density at radius 1 is 1.30 bits per heavy atom. The molecule has 27 heavy (non-hydrogen) atoms. The minimum Gasteiger partial charge on any atom is -0.467 e. The van der Waals surface area contributed by atoms with Gasteiger partial charge in [-0.3, -0.25) is 4.90 Å². The van der Waals surface area contributed by atoms with Gasteiger partial charge in [0.1, 0.15) is 5.60 Å². The van der Waals surface area contributed by atoms with E-state index in [0.29, 0.717) is 12.8 Å². The number of amides is 1. The summed E-state index contributed by atoms with van der Waals surface area (Å²) in [5.74, 6) is -0.484. The molecule has 1 aliphatic rings. The van der Waals surface area contributed by atoms with Crippen molar-refractivity contribution in [1.82, 2.24) is 4.90 Å². The summed E-state index contributed by atoms with van der Waals surface area (Å²) in [7, 11) is 1.33. The Labute approximate surface area is 165 Å². The van der Waals surface area contributed by atoms with E-state index in [1.807, 2.05) is 35.7 Å². The lowest BCUT2D eigenvalue weighted by atomic mass is 9.96. The number of hydrogen-bond acceptors (Lipinski definition) is 5. The molecule has 0 radical (unpaired) electrons. The number of esters is 1. The van der Waals surface area contributed by atoms with Gasteiger partial charge in [-0.1, -0.05) is 36.0 Å². The van der Waals surface area contributed by atoms with Gasteiger partial charge >= 0.3 is 12.1 Å². The molecule has 1 saturated heterocycles. The van der Waals surface area contributed by atoms with E-state index in [0.717, 1.165) is 4.90 Å². The molecular formula is C21H27NO4S. The molecule has 0 N–H and O–H groups in total. The highest BCUT2D eigenvalue weighted by atomic mass is 32.2. The minimum absolute atomic E-state index is 0.301. The largest absolute Gasteiger partial charge is 0.467 e. The van der Waals surface area contributed by atoms with Crippen molar-refractivity contribution in [2.45, 2.75) is 55.7 Å². The van der Waals surface area contributed by atoms with Crippen LogP contribution in [0.15, 0.2) is 59.4 Å². The van der Waals surface area contributed by atoms with Crippen molar-refractivity contribution in [3.05, 3.63) is 54.5 Å². The first-order chi connectivity index (χ1) is 12.7. The lowest BCUT2D eigenvalue weighted by Gasteiger charge is -2.37. The van der Waals surface area contributed by atoms with Crippen molar-refractivity contribution in [3.63, 3.8) is 0 Å². The van der Waals surface area contributed by atoms with Gasteiger partial charge in [-0.05, 0) is 57.2 Å². The Morgan fingerprint density at radius 2 is 1.96 bits per heavy atom. The van der Waals surface area contributed by atoms with Crippen molar-refractivity contribution in [2.24, 2.45) is 0 Å². The highest BCUT2D eigenvalue weighted by Gasteiger charge is 2.54. The normalized spacial score (nSPS) is 22.7. The Kier molecular flexibility index (Phi) is 6.76. The molecule has 0 spiro atoms. The molecule has 0 bridgehead atoms. The third-order valence-electron chi connectivity index (χ3n) is 4.28. The van der Waals surface area contributed by atoms with Gasteiger partial charge in [-0.2, -0.15) is 0 Å². The zero-order chi connectivity index (χ0) is 20.1. The van der Waals surface area contributed by atoms with Gasteiger partial charge in [0.05, 0.1) is 13.2 Å². The molecule has 0 aromatic heterocycles. The molecule has 6 heteroatoms. The molecule has 5 nitrogen and oxygen atoms in total. The van der Waals surface area contributed by atoms with E-state index in [4.69, 9.17) is 9.47 Å². The van der Waals surface area contributed by atoms with Crippen molar-refractivity contribution in [2.75, 3.05) is 7.11 Å². The average Bonchev–Trinajstić information content (AvgIpc) is 3.00. The SMILES string of the molecule is C=C[C@H]1CC[C@](/C=C/Sc2ccccc2)(C(=O)OC)N1C(=O)OC(C)(C)C. The van der Waals surface area contributed by atoms with Crippen molar-refractivity contribution < 1.29 is 19.1 Å². The summed E-state index contributed by atoms with van der Waals surface area (Å²) in [5.41, 5.74) is -1.88. The van der Waals surface area contributed by atoms with Crippen LogP contribution in [0.25, 0.3) is 0 Å². The first-order valence-electron chi connectivity index (χ1n) is 8.86. The number of rotatable bonds is 5. The molecule has 1 aliphatic heterocycles. The van der Waals surface area contributed by atoms with Gasteiger partial charge in [0.25, 0.3) is 0 Å². The van der Waals surface area contributed by atoms with Crippen LogP contribution in [0.2, 0.25) is 0 Å². The summed E-state index contributed by atoms with van der Waals surface area (Å²) >= 11 is 1.48. The standard InChI is InChI=1S/C21H27NO4S/c1-6-16-12-13-21(18(23)25-5,22(16)19(24)26-20(2,3)4)14-15-27-17-10-8-7-9-11-17/h6-11,14-16H,1,12-13H2,2-5H3/b15-14+/t16-,21-/m0/s1. The van der Waals surface area contributed by atoms with Crippen molar-refractivity contribution in [1.29, 1.82) is 0 Å². The maximum absolute atomic E-state index is 12.9. The summed E-state index contributed by atoms with van der Waals surface area (Å²) in [6.45, 7) is 9.21. The van der Waals surface area contributed by atoms with Crippen LogP contribution in [0.5, 0.6) is 0 Å². The number of thioether (sulfide) groups is 1. The first kappa shape index (κ1) is 21.1. The van der Waals surface area contributed by atoms with E-state index < -0.39 is 23.2 Å². The first-order valence-corrected chi connectivity index (χ1v) is 9.74. The highest BCUT2D eigenvalue weighted by molar-refractivity contribution is 8.02. The summed E-state index contributed by atoms with van der Waals surface area (Å²) in [6.07, 6.45) is 3.92. The lowest BCUT2D eigenvalue weighted by molar-refractivity contribution is -0.150. The van der Waals surface area contributed by atoms with Crippen molar-refractivity contribution in [3.8, 4) is 0 Å². The molecule has 146 valence electrons. The van der Waals surface area contributed by atoms with Gasteiger partial charge in [-0.15, -0.1) is 6.58 Å². The van der Waals surface area contributed by atoms with E-state index in [1.54, 1.807) is 32.9 Å². The molecule has 0 aliphatic carbocycles. The van der Waals surface area contributed by atoms with Crippen LogP contribution in [0.1, 0.15) is 33.6 Å². The lowest BCUT2D eigenvalue weighted by Crippen LogP contribution is -2.55. The molecule has 1 heterocycles. The number of carbonyl (C=O) groups is 2. The number of benzene rings is 1.